The molecule has 0 saturated carbocycles. The van der Waals surface area contributed by atoms with E-state index in [4.69, 9.17) is 4.74 Å². The molecule has 130 valence electrons. The highest BCUT2D eigenvalue weighted by Gasteiger charge is 2.60. The van der Waals surface area contributed by atoms with Gasteiger partial charge in [0.15, 0.2) is 5.16 Å². The Morgan fingerprint density at radius 1 is 1.44 bits per heavy atom. The predicted octanol–water partition coefficient (Wildman–Crippen LogP) is 4.10. The Balaban J connectivity index is 1.74. The van der Waals surface area contributed by atoms with E-state index >= 15 is 0 Å². The SMILES string of the molecule is CSc1ncnn1CC1(c2cccc(F)c2)OC1C1=C(C)CCC=C1. The van der Waals surface area contributed by atoms with Gasteiger partial charge in [0.25, 0.3) is 0 Å². The zero-order valence-corrected chi connectivity index (χ0v) is 15.1. The maximum absolute atomic E-state index is 13.9. The molecule has 4 nitrogen and oxygen atoms in total. The van der Waals surface area contributed by atoms with Crippen LogP contribution in [0.1, 0.15) is 25.3 Å². The fourth-order valence-corrected chi connectivity index (χ4v) is 4.00. The Morgan fingerprint density at radius 2 is 2.32 bits per heavy atom. The fraction of sp³-hybridized carbons (Fsp3) is 0.368. The van der Waals surface area contributed by atoms with Crippen LogP contribution in [0.2, 0.25) is 0 Å². The molecule has 0 radical (unpaired) electrons. The predicted molar refractivity (Wildman–Crippen MR) is 95.8 cm³/mol. The molecule has 2 atom stereocenters. The van der Waals surface area contributed by atoms with Gasteiger partial charge in [0.1, 0.15) is 23.8 Å². The standard InChI is InChI=1S/C19H20FN3OS/c1-13-6-3-4-9-16(13)17-19(24-17,14-7-5-8-15(20)10-14)11-23-18(25-2)21-12-22-23/h4-5,7-10,12,17H,3,6,11H2,1-2H3. The monoisotopic (exact) mass is 357 g/mol. The minimum atomic E-state index is -0.599. The summed E-state index contributed by atoms with van der Waals surface area (Å²) in [5, 5.41) is 5.16. The number of halogens is 1. The highest BCUT2D eigenvalue weighted by molar-refractivity contribution is 7.98. The number of hydrogen-bond acceptors (Lipinski definition) is 4. The normalized spacial score (nSPS) is 25.5. The highest BCUT2D eigenvalue weighted by atomic mass is 32.2. The van der Waals surface area contributed by atoms with Crippen molar-refractivity contribution in [1.82, 2.24) is 14.8 Å². The van der Waals surface area contributed by atoms with Gasteiger partial charge in [-0.3, -0.25) is 0 Å². The largest absolute Gasteiger partial charge is 0.354 e. The number of nitrogens with zero attached hydrogens (tertiary/aromatic N) is 3. The van der Waals surface area contributed by atoms with Crippen LogP contribution in [0.25, 0.3) is 0 Å². The molecule has 4 rings (SSSR count). The number of epoxide rings is 1. The minimum absolute atomic E-state index is 0.0789. The van der Waals surface area contributed by atoms with Crippen LogP contribution >= 0.6 is 11.8 Å². The smallest absolute Gasteiger partial charge is 0.185 e. The molecule has 25 heavy (non-hydrogen) atoms. The van der Waals surface area contributed by atoms with Gasteiger partial charge in [-0.05, 0) is 49.3 Å². The second kappa shape index (κ2) is 6.42. The van der Waals surface area contributed by atoms with E-state index in [1.54, 1.807) is 18.5 Å². The van der Waals surface area contributed by atoms with E-state index < -0.39 is 5.60 Å². The van der Waals surface area contributed by atoms with Crippen LogP contribution in [0.5, 0.6) is 0 Å². The van der Waals surface area contributed by atoms with Gasteiger partial charge in [0, 0.05) is 0 Å². The van der Waals surface area contributed by atoms with Crippen LogP contribution in [0.15, 0.2) is 59.0 Å². The molecule has 0 spiro atoms. The Hall–Kier alpha value is -1.92. The van der Waals surface area contributed by atoms with Crippen molar-refractivity contribution in [3.05, 3.63) is 65.3 Å². The quantitative estimate of drug-likeness (QED) is 0.597. The number of aromatic nitrogens is 3. The molecule has 1 fully saturated rings. The molecule has 0 amide bonds. The summed E-state index contributed by atoms with van der Waals surface area (Å²) in [6.07, 6.45) is 9.89. The third-order valence-corrected chi connectivity index (χ3v) is 5.59. The summed E-state index contributed by atoms with van der Waals surface area (Å²) in [7, 11) is 0. The third-order valence-electron chi connectivity index (χ3n) is 4.91. The summed E-state index contributed by atoms with van der Waals surface area (Å²) < 4.78 is 22.0. The van der Waals surface area contributed by atoms with Crippen molar-refractivity contribution in [1.29, 1.82) is 0 Å². The van der Waals surface area contributed by atoms with Crippen LogP contribution < -0.4 is 0 Å². The molecule has 1 saturated heterocycles. The summed E-state index contributed by atoms with van der Waals surface area (Å²) in [4.78, 5) is 4.27. The zero-order chi connectivity index (χ0) is 17.4. The van der Waals surface area contributed by atoms with Crippen molar-refractivity contribution in [2.75, 3.05) is 6.26 Å². The van der Waals surface area contributed by atoms with Crippen LogP contribution in [-0.2, 0) is 16.9 Å². The minimum Gasteiger partial charge on any atom is -0.354 e. The number of hydrogen-bond donors (Lipinski definition) is 0. The Kier molecular flexibility index (Phi) is 4.25. The van der Waals surface area contributed by atoms with Crippen molar-refractivity contribution in [3.63, 3.8) is 0 Å². The van der Waals surface area contributed by atoms with E-state index in [9.17, 15) is 4.39 Å². The first-order chi connectivity index (χ1) is 12.1. The molecule has 1 aliphatic heterocycles. The summed E-state index contributed by atoms with van der Waals surface area (Å²) in [5.41, 5.74) is 2.80. The number of benzene rings is 1. The lowest BCUT2D eigenvalue weighted by Crippen LogP contribution is -2.23. The van der Waals surface area contributed by atoms with Gasteiger partial charge < -0.3 is 4.74 Å². The lowest BCUT2D eigenvalue weighted by Gasteiger charge is -2.17. The van der Waals surface area contributed by atoms with E-state index in [2.05, 4.69) is 29.2 Å². The average Bonchev–Trinajstić information content (AvgIpc) is 3.16. The summed E-state index contributed by atoms with van der Waals surface area (Å²) >= 11 is 1.54. The van der Waals surface area contributed by atoms with Gasteiger partial charge in [-0.25, -0.2) is 14.1 Å². The molecule has 2 heterocycles. The van der Waals surface area contributed by atoms with Gasteiger partial charge in [-0.2, -0.15) is 5.10 Å². The van der Waals surface area contributed by atoms with E-state index in [-0.39, 0.29) is 11.9 Å². The number of allylic oxidation sites excluding steroid dienone is 2. The molecule has 1 aromatic heterocycles. The Bertz CT molecular complexity index is 860. The first kappa shape index (κ1) is 16.5. The molecule has 2 aromatic rings. The van der Waals surface area contributed by atoms with Crippen molar-refractivity contribution < 1.29 is 9.13 Å². The molecular formula is C19H20FN3OS. The first-order valence-electron chi connectivity index (χ1n) is 8.36. The lowest BCUT2D eigenvalue weighted by molar-refractivity contribution is 0.258. The third kappa shape index (κ3) is 2.93. The first-order valence-corrected chi connectivity index (χ1v) is 9.58. The molecule has 0 N–H and O–H groups in total. The highest BCUT2D eigenvalue weighted by Crippen LogP contribution is 2.53. The van der Waals surface area contributed by atoms with E-state index in [0.717, 1.165) is 23.6 Å². The summed E-state index contributed by atoms with van der Waals surface area (Å²) in [6, 6.07) is 6.70. The molecule has 1 aromatic carbocycles. The van der Waals surface area contributed by atoms with Gasteiger partial charge in [0.2, 0.25) is 0 Å². The number of thioether (sulfide) groups is 1. The number of ether oxygens (including phenoxy) is 1. The average molecular weight is 357 g/mol. The maximum Gasteiger partial charge on any atom is 0.185 e. The van der Waals surface area contributed by atoms with Crippen LogP contribution in [0.4, 0.5) is 4.39 Å². The van der Waals surface area contributed by atoms with Crippen molar-refractivity contribution in [2.24, 2.45) is 0 Å². The van der Waals surface area contributed by atoms with Gasteiger partial charge >= 0.3 is 0 Å². The molecule has 2 aliphatic rings. The van der Waals surface area contributed by atoms with Gasteiger partial charge in [0.05, 0.1) is 6.54 Å². The van der Waals surface area contributed by atoms with Crippen molar-refractivity contribution in [3.8, 4) is 0 Å². The molecule has 0 bridgehead atoms. The molecule has 6 heteroatoms. The van der Waals surface area contributed by atoms with E-state index in [1.807, 2.05) is 17.0 Å². The zero-order valence-electron chi connectivity index (χ0n) is 14.3. The second-order valence-corrected chi connectivity index (χ2v) is 7.25. The van der Waals surface area contributed by atoms with Gasteiger partial charge in [-0.15, -0.1) is 0 Å². The molecular weight excluding hydrogens is 337 g/mol. The Labute approximate surface area is 150 Å². The van der Waals surface area contributed by atoms with Crippen LogP contribution in [-0.4, -0.2) is 27.1 Å². The van der Waals surface area contributed by atoms with Crippen LogP contribution in [0.3, 0.4) is 0 Å². The van der Waals surface area contributed by atoms with E-state index in [0.29, 0.717) is 6.54 Å². The maximum atomic E-state index is 13.9. The molecule has 2 unspecified atom stereocenters. The molecule has 1 aliphatic carbocycles. The van der Waals surface area contributed by atoms with E-state index in [1.165, 1.54) is 29.0 Å². The fourth-order valence-electron chi connectivity index (χ4n) is 3.52. The summed E-state index contributed by atoms with van der Waals surface area (Å²) in [5.74, 6) is -0.250. The number of rotatable bonds is 5. The van der Waals surface area contributed by atoms with Crippen molar-refractivity contribution >= 4 is 11.8 Å². The second-order valence-electron chi connectivity index (χ2n) is 6.48. The van der Waals surface area contributed by atoms with Crippen molar-refractivity contribution in [2.45, 2.75) is 43.2 Å². The topological polar surface area (TPSA) is 43.2 Å². The van der Waals surface area contributed by atoms with Crippen LogP contribution in [0, 0.1) is 5.82 Å². The lowest BCUT2D eigenvalue weighted by atomic mass is 9.87. The Morgan fingerprint density at radius 3 is 3.08 bits per heavy atom. The summed E-state index contributed by atoms with van der Waals surface area (Å²) in [6.45, 7) is 2.67. The van der Waals surface area contributed by atoms with Gasteiger partial charge in [-0.1, -0.05) is 41.6 Å².